The molecule has 0 unspecified atom stereocenters. The Hall–Kier alpha value is -0.280. The van der Waals surface area contributed by atoms with Gasteiger partial charge in [-0.15, -0.1) is 0 Å². The van der Waals surface area contributed by atoms with Crippen LogP contribution in [0.2, 0.25) is 0 Å². The fourth-order valence-corrected chi connectivity index (χ4v) is 0.442. The molecule has 0 aromatic rings. The van der Waals surface area contributed by atoms with Crippen molar-refractivity contribution in [3.8, 4) is 0 Å². The highest BCUT2D eigenvalue weighted by molar-refractivity contribution is 6.14. The molecule has 0 radical (unpaired) electrons. The molecule has 0 aliphatic rings. The van der Waals surface area contributed by atoms with E-state index in [1.54, 1.807) is 0 Å². The third kappa shape index (κ3) is 3.89. The van der Waals surface area contributed by atoms with Gasteiger partial charge in [0.1, 0.15) is 0 Å². The standard InChI is InChI=1S/C4H9ClN2O/c1-2-6-4(8)3-7-5/h7H,2-3H2,1H3,(H,6,8). The van der Waals surface area contributed by atoms with Gasteiger partial charge in [-0.3, -0.25) is 4.79 Å². The topological polar surface area (TPSA) is 41.1 Å². The lowest BCUT2D eigenvalue weighted by Gasteiger charge is -1.96. The minimum absolute atomic E-state index is 0.0810. The van der Waals surface area contributed by atoms with Crippen LogP contribution in [0.1, 0.15) is 6.92 Å². The van der Waals surface area contributed by atoms with Crippen LogP contribution < -0.4 is 10.2 Å². The number of rotatable bonds is 3. The maximum atomic E-state index is 10.4. The average Bonchev–Trinajstić information content (AvgIpc) is 1.68. The molecule has 1 amide bonds. The number of carbonyl (C=O) groups is 1. The lowest BCUT2D eigenvalue weighted by molar-refractivity contribution is -0.119. The minimum atomic E-state index is -0.0810. The first-order valence-electron chi connectivity index (χ1n) is 2.41. The Balaban J connectivity index is 3.06. The molecular weight excluding hydrogens is 128 g/mol. The van der Waals surface area contributed by atoms with Crippen LogP contribution in [-0.4, -0.2) is 19.0 Å². The van der Waals surface area contributed by atoms with Crippen molar-refractivity contribution in [1.29, 1.82) is 0 Å². The molecule has 48 valence electrons. The van der Waals surface area contributed by atoms with Crippen LogP contribution in [0, 0.1) is 0 Å². The Morgan fingerprint density at radius 3 is 2.75 bits per heavy atom. The molecule has 2 N–H and O–H groups in total. The summed E-state index contributed by atoms with van der Waals surface area (Å²) >= 11 is 5.02. The predicted octanol–water partition coefficient (Wildman–Crippen LogP) is -0.134. The summed E-state index contributed by atoms with van der Waals surface area (Å²) in [6.07, 6.45) is 0. The van der Waals surface area contributed by atoms with E-state index in [4.69, 9.17) is 11.8 Å². The molecule has 0 rings (SSSR count). The molecule has 0 aliphatic heterocycles. The van der Waals surface area contributed by atoms with E-state index >= 15 is 0 Å². The summed E-state index contributed by atoms with van der Waals surface area (Å²) in [6.45, 7) is 2.68. The van der Waals surface area contributed by atoms with Gasteiger partial charge in [0, 0.05) is 6.54 Å². The number of nitrogens with one attached hydrogen (secondary N) is 2. The maximum absolute atomic E-state index is 10.4. The van der Waals surface area contributed by atoms with E-state index < -0.39 is 0 Å². The summed E-state index contributed by atoms with van der Waals surface area (Å²) < 4.78 is 0. The average molecular weight is 137 g/mol. The quantitative estimate of drug-likeness (QED) is 0.531. The van der Waals surface area contributed by atoms with Crippen molar-refractivity contribution < 1.29 is 4.79 Å². The monoisotopic (exact) mass is 136 g/mol. The van der Waals surface area contributed by atoms with Gasteiger partial charge in [-0.2, -0.15) is 0 Å². The zero-order chi connectivity index (χ0) is 6.41. The summed E-state index contributed by atoms with van der Waals surface area (Å²) in [4.78, 5) is 12.6. The van der Waals surface area contributed by atoms with Crippen molar-refractivity contribution in [2.75, 3.05) is 13.1 Å². The highest BCUT2D eigenvalue weighted by Crippen LogP contribution is 1.63. The molecule has 0 atom stereocenters. The molecule has 0 aromatic heterocycles. The Morgan fingerprint density at radius 1 is 1.75 bits per heavy atom. The summed E-state index contributed by atoms with van der Waals surface area (Å²) in [5, 5.41) is 2.56. The summed E-state index contributed by atoms with van der Waals surface area (Å²) in [5.74, 6) is -0.0810. The first-order chi connectivity index (χ1) is 3.81. The molecule has 0 saturated carbocycles. The number of amides is 1. The van der Waals surface area contributed by atoms with Gasteiger partial charge in [0.15, 0.2) is 0 Å². The van der Waals surface area contributed by atoms with Gasteiger partial charge in [-0.25, -0.2) is 4.84 Å². The highest BCUT2D eigenvalue weighted by Gasteiger charge is 1.93. The number of likely N-dealkylation sites (N-methyl/N-ethyl adjacent to an activating group) is 1. The Bertz CT molecular complexity index is 68.4. The third-order valence-electron chi connectivity index (χ3n) is 0.601. The summed E-state index contributed by atoms with van der Waals surface area (Å²) in [6, 6.07) is 0. The van der Waals surface area contributed by atoms with Crippen molar-refractivity contribution in [3.63, 3.8) is 0 Å². The van der Waals surface area contributed by atoms with Gasteiger partial charge < -0.3 is 5.32 Å². The van der Waals surface area contributed by atoms with Crippen molar-refractivity contribution in [2.45, 2.75) is 6.92 Å². The highest BCUT2D eigenvalue weighted by atomic mass is 35.5. The van der Waals surface area contributed by atoms with Gasteiger partial charge in [-0.05, 0) is 18.7 Å². The second-order valence-electron chi connectivity index (χ2n) is 1.26. The third-order valence-corrected chi connectivity index (χ3v) is 0.735. The molecule has 0 aromatic carbocycles. The van der Waals surface area contributed by atoms with Crippen molar-refractivity contribution in [1.82, 2.24) is 10.2 Å². The number of hydrogen-bond donors (Lipinski definition) is 2. The van der Waals surface area contributed by atoms with Crippen LogP contribution in [0.25, 0.3) is 0 Å². The molecular formula is C4H9ClN2O. The number of halogens is 1. The first kappa shape index (κ1) is 7.72. The molecule has 0 spiro atoms. The van der Waals surface area contributed by atoms with Crippen LogP contribution in [0.15, 0.2) is 0 Å². The van der Waals surface area contributed by atoms with E-state index in [2.05, 4.69) is 10.2 Å². The van der Waals surface area contributed by atoms with E-state index in [1.807, 2.05) is 6.92 Å². The van der Waals surface area contributed by atoms with Crippen LogP contribution in [0.4, 0.5) is 0 Å². The van der Waals surface area contributed by atoms with E-state index in [9.17, 15) is 4.79 Å². The van der Waals surface area contributed by atoms with Gasteiger partial charge in [-0.1, -0.05) is 0 Å². The fourth-order valence-electron chi connectivity index (χ4n) is 0.320. The van der Waals surface area contributed by atoms with Gasteiger partial charge in [0.2, 0.25) is 5.91 Å². The second-order valence-corrected chi connectivity index (χ2v) is 1.53. The molecule has 3 nitrogen and oxygen atoms in total. The molecule has 0 heterocycles. The second kappa shape index (κ2) is 4.87. The zero-order valence-corrected chi connectivity index (χ0v) is 5.46. The molecule has 4 heteroatoms. The summed E-state index contributed by atoms with van der Waals surface area (Å²) in [7, 11) is 0. The molecule has 8 heavy (non-hydrogen) atoms. The van der Waals surface area contributed by atoms with Crippen LogP contribution >= 0.6 is 11.8 Å². The molecule has 0 bridgehead atoms. The predicted molar refractivity (Wildman–Crippen MR) is 32.5 cm³/mol. The largest absolute Gasteiger partial charge is 0.355 e. The van der Waals surface area contributed by atoms with Crippen molar-refractivity contribution in [3.05, 3.63) is 0 Å². The molecule has 0 saturated heterocycles. The van der Waals surface area contributed by atoms with E-state index in [1.165, 1.54) is 0 Å². The van der Waals surface area contributed by atoms with Crippen LogP contribution in [0.3, 0.4) is 0 Å². The number of hydrogen-bond acceptors (Lipinski definition) is 2. The fraction of sp³-hybridized carbons (Fsp3) is 0.750. The van der Waals surface area contributed by atoms with E-state index in [-0.39, 0.29) is 12.5 Å². The Kier molecular flexibility index (Phi) is 4.70. The SMILES string of the molecule is CCNC(=O)CNCl. The number of carbonyl (C=O) groups excluding carboxylic acids is 1. The van der Waals surface area contributed by atoms with E-state index in [0.717, 1.165) is 0 Å². The molecule has 0 fully saturated rings. The molecule has 0 aliphatic carbocycles. The van der Waals surface area contributed by atoms with Crippen molar-refractivity contribution >= 4 is 17.7 Å². The van der Waals surface area contributed by atoms with Gasteiger partial charge in [0.25, 0.3) is 0 Å². The van der Waals surface area contributed by atoms with Gasteiger partial charge in [0.05, 0.1) is 6.54 Å². The Labute approximate surface area is 53.5 Å². The normalized spacial score (nSPS) is 8.75. The lowest BCUT2D eigenvalue weighted by atomic mass is 10.6. The smallest absolute Gasteiger partial charge is 0.235 e. The maximum Gasteiger partial charge on any atom is 0.235 e. The van der Waals surface area contributed by atoms with Crippen LogP contribution in [-0.2, 0) is 4.79 Å². The first-order valence-corrected chi connectivity index (χ1v) is 2.79. The van der Waals surface area contributed by atoms with Crippen LogP contribution in [0.5, 0.6) is 0 Å². The van der Waals surface area contributed by atoms with Gasteiger partial charge >= 0.3 is 0 Å². The lowest BCUT2D eigenvalue weighted by Crippen LogP contribution is -2.29. The van der Waals surface area contributed by atoms with E-state index in [0.29, 0.717) is 6.54 Å². The van der Waals surface area contributed by atoms with Crippen molar-refractivity contribution in [2.24, 2.45) is 0 Å². The zero-order valence-electron chi connectivity index (χ0n) is 4.70. The summed E-state index contributed by atoms with van der Waals surface area (Å²) in [5.41, 5.74) is 0. The Morgan fingerprint density at radius 2 is 2.38 bits per heavy atom. The minimum Gasteiger partial charge on any atom is -0.355 e.